The van der Waals surface area contributed by atoms with E-state index < -0.39 is 0 Å². The first-order valence-electron chi connectivity index (χ1n) is 23.6. The van der Waals surface area contributed by atoms with E-state index in [0.29, 0.717) is 17.6 Å². The van der Waals surface area contributed by atoms with Crippen LogP contribution in [0.4, 0.5) is 0 Å². The van der Waals surface area contributed by atoms with Crippen molar-refractivity contribution >= 4 is 87.4 Å². The van der Waals surface area contributed by atoms with Crippen molar-refractivity contribution < 1.29 is 4.42 Å². The SMILES string of the molecule is c1ccc(-c2ccc(-n3c4ccccc4c4ccc5c6cc(-n7c8ccccc8c8ccccc87)ccc6n(-c6nc(-c7ccccc7)nc(-c7ccc8oc9ccccc9c8c7)n6)c5c43)cc2)cc1. The van der Waals surface area contributed by atoms with Gasteiger partial charge in [-0.2, -0.15) is 9.97 Å². The second-order valence-corrected chi connectivity index (χ2v) is 18.0. The summed E-state index contributed by atoms with van der Waals surface area (Å²) in [5.41, 5.74) is 14.4. The Hall–Kier alpha value is -9.59. The normalized spacial score (nSPS) is 12.0. The zero-order chi connectivity index (χ0) is 45.9. The molecule has 0 aliphatic heterocycles. The Morgan fingerprint density at radius 2 is 0.757 bits per heavy atom. The van der Waals surface area contributed by atoms with Crippen LogP contribution in [0.1, 0.15) is 0 Å². The van der Waals surface area contributed by atoms with Gasteiger partial charge in [-0.1, -0.05) is 158 Å². The van der Waals surface area contributed by atoms with E-state index in [9.17, 15) is 0 Å². The average Bonchev–Trinajstić information content (AvgIpc) is 4.17. The van der Waals surface area contributed by atoms with Crippen molar-refractivity contribution in [2.75, 3.05) is 0 Å². The minimum atomic E-state index is 0.523. The summed E-state index contributed by atoms with van der Waals surface area (Å²) in [6.07, 6.45) is 0. The number of hydrogen-bond donors (Lipinski definition) is 0. The standard InChI is InChI=1S/C63H38N6O/c1-3-15-39(16-4-1)40-27-30-43(31-28-40)68-55-25-13-9-21-47(55)49-33-34-50-51-38-44(67-53-23-11-7-19-45(53)46-20-8-12-24-54(46)67)32-35-56(51)69(60(50)59(49)68)63-65-61(41-17-5-2-6-18-41)64-62(66-63)42-29-36-58-52(37-42)48-22-10-14-26-57(48)70-58/h1-38H. The van der Waals surface area contributed by atoms with Gasteiger partial charge in [-0.3, -0.25) is 4.57 Å². The molecular formula is C63H38N6O. The molecule has 0 radical (unpaired) electrons. The third-order valence-corrected chi connectivity index (χ3v) is 14.1. The van der Waals surface area contributed by atoms with Crippen LogP contribution in [0.3, 0.4) is 0 Å². The number of aromatic nitrogens is 6. The van der Waals surface area contributed by atoms with Gasteiger partial charge in [0, 0.05) is 65.6 Å². The maximum Gasteiger partial charge on any atom is 0.238 e. The van der Waals surface area contributed by atoms with E-state index in [1.165, 1.54) is 16.3 Å². The molecule has 0 atom stereocenters. The molecule has 0 aliphatic rings. The molecule has 0 fully saturated rings. The predicted molar refractivity (Wildman–Crippen MR) is 286 cm³/mol. The highest BCUT2D eigenvalue weighted by atomic mass is 16.3. The molecule has 7 nitrogen and oxygen atoms in total. The van der Waals surface area contributed by atoms with Gasteiger partial charge in [-0.05, 0) is 83.9 Å². The molecular weight excluding hydrogens is 857 g/mol. The number of rotatable bonds is 6. The van der Waals surface area contributed by atoms with Crippen LogP contribution in [0.25, 0.3) is 139 Å². The molecule has 7 heteroatoms. The highest BCUT2D eigenvalue weighted by Crippen LogP contribution is 2.43. The smallest absolute Gasteiger partial charge is 0.238 e. The van der Waals surface area contributed by atoms with Crippen LogP contribution in [0.5, 0.6) is 0 Å². The summed E-state index contributed by atoms with van der Waals surface area (Å²) >= 11 is 0. The summed E-state index contributed by atoms with van der Waals surface area (Å²) in [6, 6.07) is 81.6. The molecule has 10 aromatic carbocycles. The fourth-order valence-corrected chi connectivity index (χ4v) is 11.0. The van der Waals surface area contributed by atoms with Gasteiger partial charge in [0.1, 0.15) is 11.2 Å². The Morgan fingerprint density at radius 3 is 1.46 bits per heavy atom. The van der Waals surface area contributed by atoms with Crippen LogP contribution in [0.2, 0.25) is 0 Å². The second-order valence-electron chi connectivity index (χ2n) is 18.0. The van der Waals surface area contributed by atoms with E-state index in [4.69, 9.17) is 19.4 Å². The van der Waals surface area contributed by atoms with Gasteiger partial charge >= 0.3 is 0 Å². The fraction of sp³-hybridized carbons (Fsp3) is 0. The maximum absolute atomic E-state index is 6.28. The summed E-state index contributed by atoms with van der Waals surface area (Å²) in [7, 11) is 0. The number of hydrogen-bond acceptors (Lipinski definition) is 4. The zero-order valence-electron chi connectivity index (χ0n) is 37.5. The molecule has 5 heterocycles. The lowest BCUT2D eigenvalue weighted by Crippen LogP contribution is -2.07. The van der Waals surface area contributed by atoms with Crippen molar-refractivity contribution in [1.82, 2.24) is 28.7 Å². The zero-order valence-corrected chi connectivity index (χ0v) is 37.5. The summed E-state index contributed by atoms with van der Waals surface area (Å²) in [6.45, 7) is 0. The Balaban J connectivity index is 1.06. The summed E-state index contributed by atoms with van der Waals surface area (Å²) in [5.74, 6) is 1.67. The number of fused-ring (bicyclic) bond motifs is 13. The molecule has 0 N–H and O–H groups in total. The van der Waals surface area contributed by atoms with Crippen LogP contribution < -0.4 is 0 Å². The summed E-state index contributed by atoms with van der Waals surface area (Å²) < 4.78 is 13.4. The average molecular weight is 895 g/mol. The first-order valence-corrected chi connectivity index (χ1v) is 23.6. The lowest BCUT2D eigenvalue weighted by molar-refractivity contribution is 0.669. The van der Waals surface area contributed by atoms with Crippen molar-refractivity contribution in [3.05, 3.63) is 231 Å². The highest BCUT2D eigenvalue weighted by molar-refractivity contribution is 6.24. The highest BCUT2D eigenvalue weighted by Gasteiger charge is 2.25. The van der Waals surface area contributed by atoms with E-state index in [1.807, 2.05) is 42.5 Å². The molecule has 0 saturated carbocycles. The van der Waals surface area contributed by atoms with Crippen molar-refractivity contribution in [3.63, 3.8) is 0 Å². The van der Waals surface area contributed by atoms with E-state index in [0.717, 1.165) is 105 Å². The van der Waals surface area contributed by atoms with Gasteiger partial charge in [-0.25, -0.2) is 4.98 Å². The van der Waals surface area contributed by atoms with E-state index in [-0.39, 0.29) is 0 Å². The number of nitrogens with zero attached hydrogens (tertiary/aromatic N) is 6. The topological polar surface area (TPSA) is 66.6 Å². The molecule has 15 aromatic rings. The Bertz CT molecular complexity index is 4530. The third kappa shape index (κ3) is 5.72. The molecule has 0 amide bonds. The van der Waals surface area contributed by atoms with Gasteiger partial charge in [0.25, 0.3) is 0 Å². The molecule has 0 aliphatic carbocycles. The van der Waals surface area contributed by atoms with Crippen LogP contribution in [0, 0.1) is 0 Å². The maximum atomic E-state index is 6.28. The lowest BCUT2D eigenvalue weighted by Gasteiger charge is -2.14. The Morgan fingerprint density at radius 1 is 0.271 bits per heavy atom. The molecule has 0 unspecified atom stereocenters. The fourth-order valence-electron chi connectivity index (χ4n) is 11.0. The van der Waals surface area contributed by atoms with Crippen molar-refractivity contribution in [2.45, 2.75) is 0 Å². The van der Waals surface area contributed by atoms with Gasteiger partial charge in [0.2, 0.25) is 5.95 Å². The molecule has 0 spiro atoms. The van der Waals surface area contributed by atoms with Crippen LogP contribution in [-0.2, 0) is 0 Å². The van der Waals surface area contributed by atoms with Crippen molar-refractivity contribution in [1.29, 1.82) is 0 Å². The third-order valence-electron chi connectivity index (χ3n) is 14.1. The molecule has 5 aromatic heterocycles. The van der Waals surface area contributed by atoms with E-state index in [2.05, 4.69) is 202 Å². The minimum absolute atomic E-state index is 0.523. The van der Waals surface area contributed by atoms with Crippen molar-refractivity contribution in [3.8, 4) is 51.2 Å². The van der Waals surface area contributed by atoms with Gasteiger partial charge in [-0.15, -0.1) is 0 Å². The molecule has 0 saturated heterocycles. The molecule has 0 bridgehead atoms. The van der Waals surface area contributed by atoms with Crippen LogP contribution in [0.15, 0.2) is 235 Å². The van der Waals surface area contributed by atoms with Gasteiger partial charge in [0.15, 0.2) is 11.6 Å². The number of para-hydroxylation sites is 4. The largest absolute Gasteiger partial charge is 0.456 e. The molecule has 70 heavy (non-hydrogen) atoms. The first kappa shape index (κ1) is 38.5. The van der Waals surface area contributed by atoms with Crippen molar-refractivity contribution in [2.24, 2.45) is 0 Å². The number of benzene rings is 10. The van der Waals surface area contributed by atoms with Gasteiger partial charge in [0.05, 0.1) is 33.1 Å². The molecule has 326 valence electrons. The molecule has 15 rings (SSSR count). The Kier molecular flexibility index (Phi) is 8.23. The second kappa shape index (κ2) is 15.0. The Labute approximate surface area is 400 Å². The van der Waals surface area contributed by atoms with Gasteiger partial charge < -0.3 is 13.6 Å². The minimum Gasteiger partial charge on any atom is -0.456 e. The first-order chi connectivity index (χ1) is 34.7. The summed E-state index contributed by atoms with van der Waals surface area (Å²) in [5, 5.41) is 8.97. The monoisotopic (exact) mass is 894 g/mol. The van der Waals surface area contributed by atoms with Crippen LogP contribution >= 0.6 is 0 Å². The van der Waals surface area contributed by atoms with E-state index >= 15 is 0 Å². The van der Waals surface area contributed by atoms with E-state index in [1.54, 1.807) is 0 Å². The summed E-state index contributed by atoms with van der Waals surface area (Å²) in [4.78, 5) is 16.2. The lowest BCUT2D eigenvalue weighted by atomic mass is 10.1. The predicted octanol–water partition coefficient (Wildman–Crippen LogP) is 16.1. The quantitative estimate of drug-likeness (QED) is 0.167. The van der Waals surface area contributed by atoms with Crippen LogP contribution in [-0.4, -0.2) is 28.7 Å². The number of furan rings is 1.